The highest BCUT2D eigenvalue weighted by atomic mass is 32.2. The molecule has 0 saturated heterocycles. The lowest BCUT2D eigenvalue weighted by atomic mass is 9.98. The van der Waals surface area contributed by atoms with Crippen LogP contribution in [0.1, 0.15) is 50.2 Å². The average molecular weight is 439 g/mol. The second-order valence-electron chi connectivity index (χ2n) is 7.30. The predicted molar refractivity (Wildman–Crippen MR) is 132 cm³/mol. The summed E-state index contributed by atoms with van der Waals surface area (Å²) in [6.45, 7) is 2.87. The zero-order valence-corrected chi connectivity index (χ0v) is 19.5. The number of nitrogens with one attached hydrogen (secondary N) is 1. The number of nitrogens with zero attached hydrogens (tertiary/aromatic N) is 1. The van der Waals surface area contributed by atoms with Crippen LogP contribution in [0.25, 0.3) is 5.57 Å². The Bertz CT molecular complexity index is 817. The number of amides is 1. The molecule has 31 heavy (non-hydrogen) atoms. The molecule has 0 bridgehead atoms. The fourth-order valence-electron chi connectivity index (χ4n) is 3.10. The van der Waals surface area contributed by atoms with E-state index in [-0.39, 0.29) is 5.91 Å². The fourth-order valence-corrected chi connectivity index (χ4v) is 3.90. The Balaban J connectivity index is 1.81. The van der Waals surface area contributed by atoms with E-state index in [9.17, 15) is 4.79 Å². The van der Waals surface area contributed by atoms with Crippen molar-refractivity contribution in [1.82, 2.24) is 10.3 Å². The first-order valence-electron chi connectivity index (χ1n) is 11.0. The van der Waals surface area contributed by atoms with Gasteiger partial charge in [-0.2, -0.15) is 11.8 Å². The molecule has 0 fully saturated rings. The van der Waals surface area contributed by atoms with Crippen molar-refractivity contribution < 1.29 is 9.53 Å². The second kappa shape index (κ2) is 15.3. The number of allylic oxidation sites excluding steroid dienone is 3. The SMILES string of the molecule is CCCCCC/C(=C\C=C\C(=O)NCCSCc1cccnc1)c1ccc(OC)cc1. The highest BCUT2D eigenvalue weighted by molar-refractivity contribution is 7.98. The summed E-state index contributed by atoms with van der Waals surface area (Å²) in [6.07, 6.45) is 15.1. The summed E-state index contributed by atoms with van der Waals surface area (Å²) in [6, 6.07) is 12.1. The van der Waals surface area contributed by atoms with E-state index in [0.29, 0.717) is 6.54 Å². The lowest BCUT2D eigenvalue weighted by Crippen LogP contribution is -2.23. The summed E-state index contributed by atoms with van der Waals surface area (Å²) < 4.78 is 5.26. The van der Waals surface area contributed by atoms with Crippen LogP contribution in [0.3, 0.4) is 0 Å². The van der Waals surface area contributed by atoms with Gasteiger partial charge in [0.1, 0.15) is 5.75 Å². The lowest BCUT2D eigenvalue weighted by molar-refractivity contribution is -0.116. The number of pyridine rings is 1. The number of methoxy groups -OCH3 is 1. The van der Waals surface area contributed by atoms with E-state index in [0.717, 1.165) is 30.1 Å². The van der Waals surface area contributed by atoms with Gasteiger partial charge in [-0.25, -0.2) is 0 Å². The first-order chi connectivity index (χ1) is 15.2. The first-order valence-corrected chi connectivity index (χ1v) is 12.1. The van der Waals surface area contributed by atoms with Crippen molar-refractivity contribution in [2.45, 2.75) is 44.8 Å². The molecule has 0 aliphatic carbocycles. The van der Waals surface area contributed by atoms with Crippen LogP contribution in [0, 0.1) is 0 Å². The van der Waals surface area contributed by atoms with Gasteiger partial charge >= 0.3 is 0 Å². The molecule has 0 aliphatic rings. The fraction of sp³-hybridized carbons (Fsp3) is 0.385. The molecule has 2 aromatic rings. The van der Waals surface area contributed by atoms with Crippen LogP contribution in [-0.4, -0.2) is 30.3 Å². The van der Waals surface area contributed by atoms with E-state index in [1.807, 2.05) is 30.5 Å². The molecule has 5 heteroatoms. The molecule has 0 aliphatic heterocycles. The maximum atomic E-state index is 12.1. The van der Waals surface area contributed by atoms with Crippen molar-refractivity contribution in [3.8, 4) is 5.75 Å². The van der Waals surface area contributed by atoms with Crippen LogP contribution >= 0.6 is 11.8 Å². The molecule has 0 atom stereocenters. The third kappa shape index (κ3) is 10.4. The van der Waals surface area contributed by atoms with E-state index < -0.39 is 0 Å². The lowest BCUT2D eigenvalue weighted by Gasteiger charge is -2.08. The van der Waals surface area contributed by atoms with Gasteiger partial charge in [0.25, 0.3) is 0 Å². The van der Waals surface area contributed by atoms with Crippen LogP contribution < -0.4 is 10.1 Å². The van der Waals surface area contributed by atoms with Crippen molar-refractivity contribution in [1.29, 1.82) is 0 Å². The van der Waals surface area contributed by atoms with Gasteiger partial charge in [-0.1, -0.05) is 56.5 Å². The Kier molecular flexibility index (Phi) is 12.2. The van der Waals surface area contributed by atoms with E-state index >= 15 is 0 Å². The maximum Gasteiger partial charge on any atom is 0.244 e. The minimum atomic E-state index is -0.0571. The molecule has 2 rings (SSSR count). The number of benzene rings is 1. The normalized spacial score (nSPS) is 11.6. The molecule has 1 aromatic heterocycles. The van der Waals surface area contributed by atoms with Gasteiger partial charge in [-0.05, 0) is 47.7 Å². The maximum absolute atomic E-state index is 12.1. The number of carbonyl (C=O) groups excluding carboxylic acids is 1. The molecule has 0 spiro atoms. The van der Waals surface area contributed by atoms with Gasteiger partial charge in [0, 0.05) is 36.5 Å². The topological polar surface area (TPSA) is 51.2 Å². The van der Waals surface area contributed by atoms with Crippen LogP contribution in [0.4, 0.5) is 0 Å². The Hall–Kier alpha value is -2.53. The van der Waals surface area contributed by atoms with Gasteiger partial charge in [-0.3, -0.25) is 9.78 Å². The predicted octanol–water partition coefficient (Wildman–Crippen LogP) is 6.05. The number of hydrogen-bond acceptors (Lipinski definition) is 4. The van der Waals surface area contributed by atoms with E-state index in [4.69, 9.17) is 4.74 Å². The summed E-state index contributed by atoms with van der Waals surface area (Å²) in [5.74, 6) is 2.58. The minimum absolute atomic E-state index is 0.0571. The van der Waals surface area contributed by atoms with Crippen LogP contribution in [-0.2, 0) is 10.5 Å². The molecule has 1 N–H and O–H groups in total. The van der Waals surface area contributed by atoms with Crippen LogP contribution in [0.15, 0.2) is 67.0 Å². The molecule has 1 aromatic carbocycles. The van der Waals surface area contributed by atoms with Crippen molar-refractivity contribution in [3.63, 3.8) is 0 Å². The van der Waals surface area contributed by atoms with Crippen LogP contribution in [0.2, 0.25) is 0 Å². The highest BCUT2D eigenvalue weighted by Gasteiger charge is 2.02. The minimum Gasteiger partial charge on any atom is -0.497 e. The summed E-state index contributed by atoms with van der Waals surface area (Å²) in [4.78, 5) is 16.2. The van der Waals surface area contributed by atoms with Crippen molar-refractivity contribution in [3.05, 3.63) is 78.1 Å². The largest absolute Gasteiger partial charge is 0.497 e. The summed E-state index contributed by atoms with van der Waals surface area (Å²) in [5, 5.41) is 2.95. The first kappa shape index (κ1) is 24.7. The number of unbranched alkanes of at least 4 members (excludes halogenated alkanes) is 3. The van der Waals surface area contributed by atoms with Gasteiger partial charge in [-0.15, -0.1) is 0 Å². The summed E-state index contributed by atoms with van der Waals surface area (Å²) in [7, 11) is 1.68. The summed E-state index contributed by atoms with van der Waals surface area (Å²) >= 11 is 1.79. The smallest absolute Gasteiger partial charge is 0.244 e. The molecular formula is C26H34N2O2S. The Morgan fingerprint density at radius 1 is 1.16 bits per heavy atom. The molecular weight excluding hydrogens is 404 g/mol. The second-order valence-corrected chi connectivity index (χ2v) is 8.40. The summed E-state index contributed by atoms with van der Waals surface area (Å²) in [5.41, 5.74) is 3.62. The number of carbonyl (C=O) groups is 1. The van der Waals surface area contributed by atoms with Crippen molar-refractivity contribution in [2.75, 3.05) is 19.4 Å². The third-order valence-electron chi connectivity index (χ3n) is 4.84. The van der Waals surface area contributed by atoms with Crippen LogP contribution in [0.5, 0.6) is 5.75 Å². The van der Waals surface area contributed by atoms with Crippen molar-refractivity contribution >= 4 is 23.2 Å². The zero-order chi connectivity index (χ0) is 22.2. The van der Waals surface area contributed by atoms with E-state index in [1.165, 1.54) is 36.0 Å². The van der Waals surface area contributed by atoms with Crippen molar-refractivity contribution in [2.24, 2.45) is 0 Å². The highest BCUT2D eigenvalue weighted by Crippen LogP contribution is 2.24. The van der Waals surface area contributed by atoms with Gasteiger partial charge < -0.3 is 10.1 Å². The number of hydrogen-bond donors (Lipinski definition) is 1. The Labute approximate surface area is 191 Å². The molecule has 0 radical (unpaired) electrons. The van der Waals surface area contributed by atoms with Gasteiger partial charge in [0.15, 0.2) is 0 Å². The monoisotopic (exact) mass is 438 g/mol. The molecule has 0 unspecified atom stereocenters. The van der Waals surface area contributed by atoms with E-state index in [1.54, 1.807) is 31.1 Å². The Morgan fingerprint density at radius 3 is 2.71 bits per heavy atom. The number of thioether (sulfide) groups is 1. The molecule has 4 nitrogen and oxygen atoms in total. The molecule has 1 heterocycles. The van der Waals surface area contributed by atoms with E-state index in [2.05, 4.69) is 41.5 Å². The van der Waals surface area contributed by atoms with Gasteiger partial charge in [0.05, 0.1) is 7.11 Å². The van der Waals surface area contributed by atoms with Gasteiger partial charge in [0.2, 0.25) is 5.91 Å². The molecule has 166 valence electrons. The zero-order valence-electron chi connectivity index (χ0n) is 18.7. The molecule has 0 saturated carbocycles. The number of aromatic nitrogens is 1. The third-order valence-corrected chi connectivity index (χ3v) is 5.87. The standard InChI is InChI=1S/C26H34N2O2S/c1-3-4-5-6-10-23(24-13-15-25(30-2)16-14-24)11-7-12-26(29)28-18-19-31-21-22-9-8-17-27-20-22/h7-9,11-17,20H,3-6,10,18-19,21H2,1-2H3,(H,28,29)/b12-7+,23-11+. The molecule has 1 amide bonds. The number of ether oxygens (including phenoxy) is 1. The Morgan fingerprint density at radius 2 is 2.00 bits per heavy atom. The quantitative estimate of drug-likeness (QED) is 0.222. The average Bonchev–Trinajstić information content (AvgIpc) is 2.81. The number of rotatable bonds is 14.